The molecule has 7 heteroatoms. The molecule has 1 aromatic rings. The summed E-state index contributed by atoms with van der Waals surface area (Å²) in [6.07, 6.45) is 1.01. The van der Waals surface area contributed by atoms with Crippen LogP contribution in [0.3, 0.4) is 0 Å². The minimum Gasteiger partial charge on any atom is -0.381 e. The molecule has 1 fully saturated rings. The van der Waals surface area contributed by atoms with Gasteiger partial charge in [-0.1, -0.05) is 11.6 Å². The molecule has 1 saturated heterocycles. The summed E-state index contributed by atoms with van der Waals surface area (Å²) >= 11 is 6.82. The van der Waals surface area contributed by atoms with Gasteiger partial charge >= 0.3 is 0 Å². The Labute approximate surface area is 102 Å². The largest absolute Gasteiger partial charge is 0.381 e. The molecule has 1 aliphatic rings. The third-order valence-electron chi connectivity index (χ3n) is 2.27. The molecule has 0 amide bonds. The summed E-state index contributed by atoms with van der Waals surface area (Å²) in [5.41, 5.74) is 3.03. The molecule has 0 aromatic carbocycles. The van der Waals surface area contributed by atoms with Gasteiger partial charge in [-0.15, -0.1) is 0 Å². The topological polar surface area (TPSA) is 67.2 Å². The van der Waals surface area contributed by atoms with Crippen LogP contribution in [0, 0.1) is 17.2 Å². The fourth-order valence-electron chi connectivity index (χ4n) is 1.38. The fourth-order valence-corrected chi connectivity index (χ4v) is 2.27. The van der Waals surface area contributed by atoms with Crippen LogP contribution in [0.2, 0.25) is 5.15 Å². The predicted octanol–water partition coefficient (Wildman–Crippen LogP) is 2.05. The van der Waals surface area contributed by atoms with Crippen molar-refractivity contribution in [3.05, 3.63) is 10.7 Å². The highest BCUT2D eigenvalue weighted by molar-refractivity contribution is 7.10. The third kappa shape index (κ3) is 2.62. The van der Waals surface area contributed by atoms with Gasteiger partial charge in [-0.2, -0.15) is 9.64 Å². The molecule has 1 aliphatic heterocycles. The zero-order chi connectivity index (χ0) is 11.4. The maximum absolute atomic E-state index is 8.82. The van der Waals surface area contributed by atoms with Crippen LogP contribution in [0.4, 0.5) is 5.00 Å². The van der Waals surface area contributed by atoms with Gasteiger partial charge in [0, 0.05) is 12.5 Å². The van der Waals surface area contributed by atoms with Gasteiger partial charge in [0.15, 0.2) is 10.2 Å². The number of nitrogens with one attached hydrogen (secondary N) is 1. The Hall–Kier alpha value is -0.870. The highest BCUT2D eigenvalue weighted by Crippen LogP contribution is 2.27. The monoisotopic (exact) mass is 259 g/mol. The summed E-state index contributed by atoms with van der Waals surface area (Å²) in [4.78, 5) is 5.29. The lowest BCUT2D eigenvalue weighted by molar-refractivity contribution is 0.127. The van der Waals surface area contributed by atoms with Crippen LogP contribution in [0.25, 0.3) is 0 Å². The smallest absolute Gasteiger partial charge is 0.162 e. The number of anilines is 1. The maximum atomic E-state index is 8.82. The molecule has 2 heterocycles. The number of ether oxygens (including phenoxy) is 1. The molecule has 0 saturated carbocycles. The van der Waals surface area contributed by atoms with E-state index in [0.717, 1.165) is 31.2 Å². The van der Waals surface area contributed by atoms with Crippen molar-refractivity contribution in [3.8, 4) is 6.07 Å². The van der Waals surface area contributed by atoms with Crippen molar-refractivity contribution in [1.29, 1.82) is 5.26 Å². The Balaban J connectivity index is 1.82. The first-order valence-electron chi connectivity index (χ1n) is 4.82. The lowest BCUT2D eigenvalue weighted by Crippen LogP contribution is -2.12. The van der Waals surface area contributed by atoms with E-state index in [2.05, 4.69) is 9.85 Å². The molecule has 0 bridgehead atoms. The van der Waals surface area contributed by atoms with Crippen molar-refractivity contribution >= 4 is 28.1 Å². The number of hydrogen-bond donors (Lipinski definition) is 1. The number of aromatic nitrogens is 1. The Morgan fingerprint density at radius 3 is 3.31 bits per heavy atom. The number of nitrogens with zero attached hydrogens (tertiary/aromatic N) is 2. The van der Waals surface area contributed by atoms with Crippen LogP contribution >= 0.6 is 23.1 Å². The van der Waals surface area contributed by atoms with Crippen molar-refractivity contribution in [1.82, 2.24) is 4.37 Å². The van der Waals surface area contributed by atoms with Crippen molar-refractivity contribution in [2.45, 2.75) is 6.42 Å². The van der Waals surface area contributed by atoms with E-state index < -0.39 is 0 Å². The van der Waals surface area contributed by atoms with E-state index in [1.165, 1.54) is 0 Å². The molecule has 2 rings (SSSR count). The zero-order valence-corrected chi connectivity index (χ0v) is 9.98. The highest BCUT2D eigenvalue weighted by atomic mass is 35.5. The lowest BCUT2D eigenvalue weighted by atomic mass is 10.1. The predicted molar refractivity (Wildman–Crippen MR) is 60.3 cm³/mol. The van der Waals surface area contributed by atoms with Crippen molar-refractivity contribution in [3.63, 3.8) is 0 Å². The molecule has 1 atom stereocenters. The molecule has 0 spiro atoms. The van der Waals surface area contributed by atoms with E-state index in [4.69, 9.17) is 26.4 Å². The van der Waals surface area contributed by atoms with Crippen molar-refractivity contribution in [2.75, 3.05) is 25.3 Å². The minimum atomic E-state index is 0.211. The Morgan fingerprint density at radius 1 is 1.75 bits per heavy atom. The average Bonchev–Trinajstić information content (AvgIpc) is 2.89. The first-order chi connectivity index (χ1) is 7.81. The van der Waals surface area contributed by atoms with Crippen molar-refractivity contribution in [2.24, 2.45) is 5.92 Å². The second-order valence-corrected chi connectivity index (χ2v) is 4.56. The van der Waals surface area contributed by atoms with Gasteiger partial charge in [-0.25, -0.2) is 0 Å². The van der Waals surface area contributed by atoms with Crippen molar-refractivity contribution < 1.29 is 9.57 Å². The molecular weight excluding hydrogens is 250 g/mol. The molecule has 1 N–H and O–H groups in total. The van der Waals surface area contributed by atoms with Gasteiger partial charge in [0.25, 0.3) is 0 Å². The quantitative estimate of drug-likeness (QED) is 0.839. The maximum Gasteiger partial charge on any atom is 0.162 e. The fraction of sp³-hybridized carbons (Fsp3) is 0.556. The van der Waals surface area contributed by atoms with E-state index in [1.807, 2.05) is 6.07 Å². The molecule has 1 unspecified atom stereocenters. The number of hydrogen-bond acceptors (Lipinski definition) is 6. The Morgan fingerprint density at radius 2 is 2.62 bits per heavy atom. The Bertz CT molecular complexity index is 398. The molecule has 86 valence electrons. The second-order valence-electron chi connectivity index (χ2n) is 3.43. The van der Waals surface area contributed by atoms with Gasteiger partial charge in [-0.3, -0.25) is 10.3 Å². The van der Waals surface area contributed by atoms with E-state index in [1.54, 1.807) is 0 Å². The molecule has 0 radical (unpaired) electrons. The summed E-state index contributed by atoms with van der Waals surface area (Å²) in [6, 6.07) is 1.97. The number of nitriles is 1. The van der Waals surface area contributed by atoms with Crippen LogP contribution in [0.15, 0.2) is 0 Å². The summed E-state index contributed by atoms with van der Waals surface area (Å²) in [6.45, 7) is 2.08. The van der Waals surface area contributed by atoms with Crippen LogP contribution in [-0.2, 0) is 9.57 Å². The van der Waals surface area contributed by atoms with E-state index in [0.29, 0.717) is 23.1 Å². The van der Waals surface area contributed by atoms with E-state index in [9.17, 15) is 0 Å². The van der Waals surface area contributed by atoms with Gasteiger partial charge in [0.05, 0.1) is 13.2 Å². The van der Waals surface area contributed by atoms with Gasteiger partial charge in [0.2, 0.25) is 0 Å². The van der Waals surface area contributed by atoms with Gasteiger partial charge in [0.1, 0.15) is 11.6 Å². The van der Waals surface area contributed by atoms with E-state index in [-0.39, 0.29) is 5.15 Å². The first-order valence-corrected chi connectivity index (χ1v) is 5.97. The lowest BCUT2D eigenvalue weighted by Gasteiger charge is -2.08. The van der Waals surface area contributed by atoms with Gasteiger partial charge < -0.3 is 4.74 Å². The normalized spacial score (nSPS) is 19.6. The van der Waals surface area contributed by atoms with E-state index >= 15 is 0 Å². The number of halogens is 1. The summed E-state index contributed by atoms with van der Waals surface area (Å²) in [5, 5.41) is 9.57. The Kier molecular flexibility index (Phi) is 3.96. The zero-order valence-electron chi connectivity index (χ0n) is 8.40. The van der Waals surface area contributed by atoms with Crippen LogP contribution in [-0.4, -0.2) is 24.2 Å². The molecule has 0 aliphatic carbocycles. The SMILES string of the molecule is N#Cc1c(Cl)nsc1NOCC1CCOC1. The van der Waals surface area contributed by atoms with Crippen LogP contribution < -0.4 is 5.48 Å². The molecule has 1 aromatic heterocycles. The van der Waals surface area contributed by atoms with Crippen LogP contribution in [0.5, 0.6) is 0 Å². The second kappa shape index (κ2) is 5.46. The summed E-state index contributed by atoms with van der Waals surface area (Å²) in [7, 11) is 0. The highest BCUT2D eigenvalue weighted by Gasteiger charge is 2.17. The molecule has 16 heavy (non-hydrogen) atoms. The number of rotatable bonds is 4. The average molecular weight is 260 g/mol. The summed E-state index contributed by atoms with van der Waals surface area (Å²) in [5.74, 6) is 0.418. The minimum absolute atomic E-state index is 0.211. The summed E-state index contributed by atoms with van der Waals surface area (Å²) < 4.78 is 9.07. The van der Waals surface area contributed by atoms with Crippen LogP contribution in [0.1, 0.15) is 12.0 Å². The molecule has 5 nitrogen and oxygen atoms in total. The first kappa shape index (κ1) is 11.6. The molecular formula is C9H10ClN3O2S. The van der Waals surface area contributed by atoms with Gasteiger partial charge in [-0.05, 0) is 18.0 Å². The standard InChI is InChI=1S/C9H10ClN3O2S/c10-8-7(3-11)9(16-13-8)12-15-5-6-1-2-14-4-6/h6,12H,1-2,4-5H2. The third-order valence-corrected chi connectivity index (χ3v) is 3.39.